The van der Waals surface area contributed by atoms with Gasteiger partial charge in [-0.2, -0.15) is 0 Å². The van der Waals surface area contributed by atoms with E-state index < -0.39 is 0 Å². The fourth-order valence-corrected chi connectivity index (χ4v) is 2.89. The van der Waals surface area contributed by atoms with E-state index in [9.17, 15) is 4.79 Å². The largest absolute Gasteiger partial charge is 0.493 e. The quantitative estimate of drug-likeness (QED) is 0.701. The third-order valence-electron chi connectivity index (χ3n) is 4.39. The Morgan fingerprint density at radius 3 is 2.75 bits per heavy atom. The number of aryl methyl sites for hydroxylation is 1. The number of ether oxygens (including phenoxy) is 1. The van der Waals surface area contributed by atoms with Crippen LogP contribution in [0.25, 0.3) is 0 Å². The predicted molar refractivity (Wildman–Crippen MR) is 101 cm³/mol. The van der Waals surface area contributed by atoms with Gasteiger partial charge in [0.25, 0.3) is 0 Å². The molecular formula is C19H31ClN2O2. The van der Waals surface area contributed by atoms with Gasteiger partial charge >= 0.3 is 0 Å². The van der Waals surface area contributed by atoms with Crippen LogP contribution < -0.4 is 15.4 Å². The summed E-state index contributed by atoms with van der Waals surface area (Å²) in [6, 6.07) is 6.20. The summed E-state index contributed by atoms with van der Waals surface area (Å²) < 4.78 is 5.94. The lowest BCUT2D eigenvalue weighted by Gasteiger charge is -2.22. The van der Waals surface area contributed by atoms with E-state index in [1.807, 2.05) is 0 Å². The van der Waals surface area contributed by atoms with Gasteiger partial charge in [-0.05, 0) is 50.9 Å². The molecule has 0 aliphatic carbocycles. The van der Waals surface area contributed by atoms with Crippen LogP contribution in [0, 0.1) is 12.8 Å². The van der Waals surface area contributed by atoms with Crippen LogP contribution in [0.2, 0.25) is 0 Å². The Morgan fingerprint density at radius 2 is 2.04 bits per heavy atom. The molecule has 0 aromatic heterocycles. The molecule has 4 nitrogen and oxygen atoms in total. The molecule has 0 saturated carbocycles. The molecule has 2 rings (SSSR count). The Labute approximate surface area is 152 Å². The third kappa shape index (κ3) is 6.70. The number of rotatable bonds is 8. The molecule has 0 bridgehead atoms. The summed E-state index contributed by atoms with van der Waals surface area (Å²) >= 11 is 0. The van der Waals surface area contributed by atoms with E-state index >= 15 is 0 Å². The van der Waals surface area contributed by atoms with E-state index in [0.717, 1.165) is 50.3 Å². The lowest BCUT2D eigenvalue weighted by atomic mass is 9.97. The molecule has 1 aliphatic heterocycles. The van der Waals surface area contributed by atoms with Crippen molar-refractivity contribution in [1.29, 1.82) is 0 Å². The number of amides is 1. The van der Waals surface area contributed by atoms with Crippen molar-refractivity contribution < 1.29 is 9.53 Å². The number of nitrogens with one attached hydrogen (secondary N) is 2. The lowest BCUT2D eigenvalue weighted by molar-refractivity contribution is -0.125. The third-order valence-corrected chi connectivity index (χ3v) is 4.39. The summed E-state index contributed by atoms with van der Waals surface area (Å²) in [5, 5.41) is 6.38. The first-order chi connectivity index (χ1) is 11.2. The van der Waals surface area contributed by atoms with Gasteiger partial charge in [0.2, 0.25) is 5.91 Å². The van der Waals surface area contributed by atoms with Crippen LogP contribution in [0.3, 0.4) is 0 Å². The number of piperidine rings is 1. The van der Waals surface area contributed by atoms with Gasteiger partial charge in [-0.3, -0.25) is 4.79 Å². The summed E-state index contributed by atoms with van der Waals surface area (Å²) in [7, 11) is 0. The molecule has 136 valence electrons. The van der Waals surface area contributed by atoms with Crippen LogP contribution in [-0.4, -0.2) is 25.6 Å². The van der Waals surface area contributed by atoms with Crippen molar-refractivity contribution in [2.24, 2.45) is 5.92 Å². The minimum absolute atomic E-state index is 0. The van der Waals surface area contributed by atoms with Crippen LogP contribution >= 0.6 is 12.4 Å². The van der Waals surface area contributed by atoms with Crippen LogP contribution in [-0.2, 0) is 11.3 Å². The second-order valence-corrected chi connectivity index (χ2v) is 6.41. The van der Waals surface area contributed by atoms with Crippen molar-refractivity contribution >= 4 is 18.3 Å². The molecule has 24 heavy (non-hydrogen) atoms. The second-order valence-electron chi connectivity index (χ2n) is 6.41. The van der Waals surface area contributed by atoms with Gasteiger partial charge in [-0.15, -0.1) is 12.4 Å². The zero-order chi connectivity index (χ0) is 16.5. The number of hydrogen-bond acceptors (Lipinski definition) is 3. The lowest BCUT2D eigenvalue weighted by Crippen LogP contribution is -2.37. The smallest absolute Gasteiger partial charge is 0.223 e. The highest BCUT2D eigenvalue weighted by Gasteiger charge is 2.20. The van der Waals surface area contributed by atoms with Crippen molar-refractivity contribution in [2.45, 2.75) is 52.5 Å². The molecule has 1 fully saturated rings. The van der Waals surface area contributed by atoms with Crippen molar-refractivity contribution in [2.75, 3.05) is 19.7 Å². The van der Waals surface area contributed by atoms with E-state index in [0.29, 0.717) is 6.54 Å². The van der Waals surface area contributed by atoms with Gasteiger partial charge < -0.3 is 15.4 Å². The highest BCUT2D eigenvalue weighted by molar-refractivity contribution is 5.85. The summed E-state index contributed by atoms with van der Waals surface area (Å²) in [6.45, 7) is 7.42. The fourth-order valence-electron chi connectivity index (χ4n) is 2.89. The van der Waals surface area contributed by atoms with Crippen molar-refractivity contribution in [3.05, 3.63) is 29.3 Å². The number of benzene rings is 1. The average molecular weight is 355 g/mol. The molecule has 2 N–H and O–H groups in total. The minimum atomic E-state index is 0. The van der Waals surface area contributed by atoms with Crippen LogP contribution in [0.15, 0.2) is 18.2 Å². The maximum absolute atomic E-state index is 12.3. The van der Waals surface area contributed by atoms with Crippen LogP contribution in [0.5, 0.6) is 5.75 Å². The molecule has 1 heterocycles. The Bertz CT molecular complexity index is 502. The molecule has 1 saturated heterocycles. The first-order valence-electron chi connectivity index (χ1n) is 8.91. The summed E-state index contributed by atoms with van der Waals surface area (Å²) in [5.41, 5.74) is 2.25. The van der Waals surface area contributed by atoms with Crippen molar-refractivity contribution in [1.82, 2.24) is 10.6 Å². The van der Waals surface area contributed by atoms with Crippen molar-refractivity contribution in [3.63, 3.8) is 0 Å². The van der Waals surface area contributed by atoms with E-state index in [1.54, 1.807) is 0 Å². The van der Waals surface area contributed by atoms with E-state index in [2.05, 4.69) is 42.7 Å². The Balaban J connectivity index is 0.00000288. The molecule has 0 atom stereocenters. The molecular weight excluding hydrogens is 324 g/mol. The summed E-state index contributed by atoms with van der Waals surface area (Å²) in [4.78, 5) is 12.3. The fraction of sp³-hybridized carbons (Fsp3) is 0.632. The number of carbonyl (C=O) groups excluding carboxylic acids is 1. The highest BCUT2D eigenvalue weighted by Crippen LogP contribution is 2.21. The van der Waals surface area contributed by atoms with Crippen LogP contribution in [0.1, 0.15) is 50.2 Å². The van der Waals surface area contributed by atoms with Gasteiger partial charge in [-0.1, -0.05) is 31.9 Å². The summed E-state index contributed by atoms with van der Waals surface area (Å²) in [5.74, 6) is 1.23. The Kier molecular flexibility index (Phi) is 9.80. The van der Waals surface area contributed by atoms with Gasteiger partial charge in [-0.25, -0.2) is 0 Å². The van der Waals surface area contributed by atoms with E-state index in [-0.39, 0.29) is 24.2 Å². The number of hydrogen-bond donors (Lipinski definition) is 2. The zero-order valence-corrected chi connectivity index (χ0v) is 15.7. The SMILES string of the molecule is CCCCCOc1cc(C)ccc1CNC(=O)C1CCNCC1.Cl. The first kappa shape index (κ1) is 20.8. The van der Waals surface area contributed by atoms with Crippen LogP contribution in [0.4, 0.5) is 0 Å². The number of carbonyl (C=O) groups is 1. The highest BCUT2D eigenvalue weighted by atomic mass is 35.5. The standard InChI is InChI=1S/C19H30N2O2.ClH/c1-3-4-5-12-23-18-13-15(2)6-7-17(18)14-21-19(22)16-8-10-20-11-9-16;/h6-7,13,16,20H,3-5,8-12,14H2,1-2H3,(H,21,22);1H. The van der Waals surface area contributed by atoms with Crippen molar-refractivity contribution in [3.8, 4) is 5.75 Å². The zero-order valence-electron chi connectivity index (χ0n) is 14.9. The Hall–Kier alpha value is -1.26. The molecule has 5 heteroatoms. The van der Waals surface area contributed by atoms with Gasteiger partial charge in [0.1, 0.15) is 5.75 Å². The van der Waals surface area contributed by atoms with Gasteiger partial charge in [0, 0.05) is 18.0 Å². The molecule has 1 aliphatic rings. The maximum Gasteiger partial charge on any atom is 0.223 e. The molecule has 1 aromatic carbocycles. The monoisotopic (exact) mass is 354 g/mol. The number of unbranched alkanes of at least 4 members (excludes halogenated alkanes) is 2. The molecule has 0 unspecified atom stereocenters. The first-order valence-corrected chi connectivity index (χ1v) is 8.91. The van der Waals surface area contributed by atoms with E-state index in [4.69, 9.17) is 4.74 Å². The molecule has 0 radical (unpaired) electrons. The predicted octanol–water partition coefficient (Wildman–Crippen LogP) is 3.60. The Morgan fingerprint density at radius 1 is 1.29 bits per heavy atom. The molecule has 1 amide bonds. The maximum atomic E-state index is 12.3. The van der Waals surface area contributed by atoms with E-state index in [1.165, 1.54) is 18.4 Å². The summed E-state index contributed by atoms with van der Waals surface area (Å²) in [6.07, 6.45) is 5.31. The van der Waals surface area contributed by atoms with Gasteiger partial charge in [0.05, 0.1) is 6.61 Å². The normalized spacial score (nSPS) is 14.8. The second kappa shape index (κ2) is 11.3. The minimum Gasteiger partial charge on any atom is -0.493 e. The molecule has 1 aromatic rings. The average Bonchev–Trinajstić information content (AvgIpc) is 2.58. The van der Waals surface area contributed by atoms with Gasteiger partial charge in [0.15, 0.2) is 0 Å². The molecule has 0 spiro atoms. The topological polar surface area (TPSA) is 50.4 Å². The number of halogens is 1.